The first-order chi connectivity index (χ1) is 10.6. The fourth-order valence-electron chi connectivity index (χ4n) is 3.37. The Kier molecular flexibility index (Phi) is 4.08. The molecule has 0 fully saturated rings. The Labute approximate surface area is 130 Å². The number of ketones is 1. The Morgan fingerprint density at radius 1 is 1.23 bits per heavy atom. The summed E-state index contributed by atoms with van der Waals surface area (Å²) in [7, 11) is 0. The average molecular weight is 297 g/mol. The minimum atomic E-state index is -0.670. The SMILES string of the molecule is CC1c2ccccc2CC1CC(=O)[C@@H](N)c1ccc(F)cc1. The number of benzene rings is 2. The minimum Gasteiger partial charge on any atom is -0.318 e. The van der Waals surface area contributed by atoms with E-state index in [0.29, 0.717) is 23.8 Å². The van der Waals surface area contributed by atoms with E-state index in [9.17, 15) is 9.18 Å². The molecule has 2 aromatic carbocycles. The normalized spacial score (nSPS) is 21.4. The molecule has 114 valence electrons. The molecule has 0 saturated carbocycles. The lowest BCUT2D eigenvalue weighted by Crippen LogP contribution is -2.24. The summed E-state index contributed by atoms with van der Waals surface area (Å²) in [5.74, 6) is 0.386. The number of Topliss-reactive ketones (excluding diaryl/α,β-unsaturated/α-hetero) is 1. The molecule has 0 spiro atoms. The predicted molar refractivity (Wildman–Crippen MR) is 85.0 cm³/mol. The van der Waals surface area contributed by atoms with Crippen LogP contribution in [-0.4, -0.2) is 5.78 Å². The first-order valence-corrected chi connectivity index (χ1v) is 7.68. The van der Waals surface area contributed by atoms with Crippen LogP contribution in [0.2, 0.25) is 0 Å². The standard InChI is InChI=1S/C19H20FNO/c1-12-15(10-14-4-2-3-5-17(12)14)11-18(22)19(21)13-6-8-16(20)9-7-13/h2-9,12,15,19H,10-11,21H2,1H3/t12?,15?,19-/m0/s1. The van der Waals surface area contributed by atoms with Crippen LogP contribution < -0.4 is 5.73 Å². The third-order valence-electron chi connectivity index (χ3n) is 4.77. The largest absolute Gasteiger partial charge is 0.318 e. The number of fused-ring (bicyclic) bond motifs is 1. The van der Waals surface area contributed by atoms with Gasteiger partial charge in [0.15, 0.2) is 5.78 Å². The number of nitrogens with two attached hydrogens (primary N) is 1. The van der Waals surface area contributed by atoms with Crippen molar-refractivity contribution in [1.29, 1.82) is 0 Å². The summed E-state index contributed by atoms with van der Waals surface area (Å²) >= 11 is 0. The Balaban J connectivity index is 1.69. The maximum absolute atomic E-state index is 13.0. The second kappa shape index (κ2) is 6.01. The van der Waals surface area contributed by atoms with Crippen LogP contribution in [0.1, 0.15) is 42.0 Å². The second-order valence-corrected chi connectivity index (χ2v) is 6.15. The highest BCUT2D eigenvalue weighted by atomic mass is 19.1. The average Bonchev–Trinajstić information content (AvgIpc) is 2.84. The summed E-state index contributed by atoms with van der Waals surface area (Å²) in [4.78, 5) is 12.5. The molecule has 0 aliphatic heterocycles. The molecule has 3 rings (SSSR count). The van der Waals surface area contributed by atoms with Gasteiger partial charge in [-0.3, -0.25) is 4.79 Å². The van der Waals surface area contributed by atoms with E-state index in [1.165, 1.54) is 23.3 Å². The molecule has 0 saturated heterocycles. The lowest BCUT2D eigenvalue weighted by Gasteiger charge is -2.18. The highest BCUT2D eigenvalue weighted by molar-refractivity contribution is 5.85. The van der Waals surface area contributed by atoms with Gasteiger partial charge in [0.25, 0.3) is 0 Å². The summed E-state index contributed by atoms with van der Waals surface area (Å²) in [5.41, 5.74) is 9.40. The van der Waals surface area contributed by atoms with Crippen LogP contribution in [-0.2, 0) is 11.2 Å². The number of carbonyl (C=O) groups is 1. The van der Waals surface area contributed by atoms with Gasteiger partial charge in [0.2, 0.25) is 0 Å². The van der Waals surface area contributed by atoms with Crippen LogP contribution in [0, 0.1) is 11.7 Å². The smallest absolute Gasteiger partial charge is 0.154 e. The molecule has 2 aromatic rings. The quantitative estimate of drug-likeness (QED) is 0.933. The number of carbonyl (C=O) groups excluding carboxylic acids is 1. The van der Waals surface area contributed by atoms with Gasteiger partial charge in [-0.15, -0.1) is 0 Å². The topological polar surface area (TPSA) is 43.1 Å². The van der Waals surface area contributed by atoms with Crippen molar-refractivity contribution in [1.82, 2.24) is 0 Å². The van der Waals surface area contributed by atoms with Crippen LogP contribution in [0.5, 0.6) is 0 Å². The lowest BCUT2D eigenvalue weighted by atomic mass is 9.87. The zero-order valence-corrected chi connectivity index (χ0v) is 12.6. The van der Waals surface area contributed by atoms with Crippen molar-refractivity contribution in [3.8, 4) is 0 Å². The molecule has 1 aliphatic rings. The zero-order chi connectivity index (χ0) is 15.7. The molecule has 2 nitrogen and oxygen atoms in total. The molecular formula is C19H20FNO. The molecule has 0 radical (unpaired) electrons. The van der Waals surface area contributed by atoms with Crippen molar-refractivity contribution in [2.75, 3.05) is 0 Å². The van der Waals surface area contributed by atoms with Gasteiger partial charge in [-0.2, -0.15) is 0 Å². The predicted octanol–water partition coefficient (Wildman–Crippen LogP) is 3.76. The van der Waals surface area contributed by atoms with Crippen molar-refractivity contribution < 1.29 is 9.18 Å². The van der Waals surface area contributed by atoms with Gasteiger partial charge in [-0.1, -0.05) is 43.3 Å². The summed E-state index contributed by atoms with van der Waals surface area (Å²) in [6.45, 7) is 2.17. The second-order valence-electron chi connectivity index (χ2n) is 6.15. The lowest BCUT2D eigenvalue weighted by molar-refractivity contribution is -0.121. The van der Waals surface area contributed by atoms with Gasteiger partial charge in [-0.05, 0) is 47.1 Å². The summed E-state index contributed by atoms with van der Waals surface area (Å²) < 4.78 is 13.0. The van der Waals surface area contributed by atoms with Crippen molar-refractivity contribution in [3.63, 3.8) is 0 Å². The molecule has 22 heavy (non-hydrogen) atoms. The molecule has 0 heterocycles. The third kappa shape index (κ3) is 2.81. The van der Waals surface area contributed by atoms with Crippen LogP contribution in [0.25, 0.3) is 0 Å². The zero-order valence-electron chi connectivity index (χ0n) is 12.6. The van der Waals surface area contributed by atoms with Crippen LogP contribution in [0.15, 0.2) is 48.5 Å². The van der Waals surface area contributed by atoms with E-state index in [1.807, 2.05) is 12.1 Å². The number of rotatable bonds is 4. The van der Waals surface area contributed by atoms with Crippen molar-refractivity contribution in [2.45, 2.75) is 31.7 Å². The van der Waals surface area contributed by atoms with E-state index in [2.05, 4.69) is 19.1 Å². The van der Waals surface area contributed by atoms with Gasteiger partial charge in [0.1, 0.15) is 5.82 Å². The molecule has 2 N–H and O–H groups in total. The van der Waals surface area contributed by atoms with Crippen LogP contribution in [0.4, 0.5) is 4.39 Å². The first-order valence-electron chi connectivity index (χ1n) is 7.68. The van der Waals surface area contributed by atoms with Crippen molar-refractivity contribution in [3.05, 3.63) is 71.0 Å². The summed E-state index contributed by atoms with van der Waals surface area (Å²) in [6, 6.07) is 13.6. The summed E-state index contributed by atoms with van der Waals surface area (Å²) in [5, 5.41) is 0. The van der Waals surface area contributed by atoms with E-state index >= 15 is 0 Å². The molecule has 3 atom stereocenters. The number of hydrogen-bond donors (Lipinski definition) is 1. The van der Waals surface area contributed by atoms with Gasteiger partial charge in [0.05, 0.1) is 6.04 Å². The Morgan fingerprint density at radius 2 is 1.91 bits per heavy atom. The van der Waals surface area contributed by atoms with Gasteiger partial charge < -0.3 is 5.73 Å². The fraction of sp³-hybridized carbons (Fsp3) is 0.316. The molecule has 0 aromatic heterocycles. The molecule has 0 amide bonds. The number of hydrogen-bond acceptors (Lipinski definition) is 2. The molecule has 2 unspecified atom stereocenters. The Bertz CT molecular complexity index is 680. The minimum absolute atomic E-state index is 0.0243. The third-order valence-corrected chi connectivity index (χ3v) is 4.77. The Morgan fingerprint density at radius 3 is 2.59 bits per heavy atom. The fourth-order valence-corrected chi connectivity index (χ4v) is 3.37. The van der Waals surface area contributed by atoms with Gasteiger partial charge >= 0.3 is 0 Å². The molecule has 3 heteroatoms. The van der Waals surface area contributed by atoms with Gasteiger partial charge in [-0.25, -0.2) is 4.39 Å². The molecule has 0 bridgehead atoms. The highest BCUT2D eigenvalue weighted by Crippen LogP contribution is 2.39. The van der Waals surface area contributed by atoms with Gasteiger partial charge in [0, 0.05) is 6.42 Å². The maximum Gasteiger partial charge on any atom is 0.154 e. The van der Waals surface area contributed by atoms with Crippen LogP contribution >= 0.6 is 0 Å². The van der Waals surface area contributed by atoms with E-state index in [0.717, 1.165) is 6.42 Å². The molecular weight excluding hydrogens is 277 g/mol. The van der Waals surface area contributed by atoms with Crippen molar-refractivity contribution in [2.24, 2.45) is 11.7 Å². The number of halogens is 1. The monoisotopic (exact) mass is 297 g/mol. The highest BCUT2D eigenvalue weighted by Gasteiger charge is 2.31. The van der Waals surface area contributed by atoms with E-state index in [-0.39, 0.29) is 11.6 Å². The van der Waals surface area contributed by atoms with E-state index in [1.54, 1.807) is 12.1 Å². The maximum atomic E-state index is 13.0. The Hall–Kier alpha value is -2.00. The summed E-state index contributed by atoms with van der Waals surface area (Å²) in [6.07, 6.45) is 1.40. The van der Waals surface area contributed by atoms with E-state index in [4.69, 9.17) is 5.73 Å². The molecule has 1 aliphatic carbocycles. The van der Waals surface area contributed by atoms with E-state index < -0.39 is 6.04 Å². The first kappa shape index (κ1) is 14.9. The van der Waals surface area contributed by atoms with Crippen LogP contribution in [0.3, 0.4) is 0 Å². The van der Waals surface area contributed by atoms with Crippen molar-refractivity contribution >= 4 is 5.78 Å².